The number of carbonyl (C=O) groups excluding carboxylic acids is 1. The van der Waals surface area contributed by atoms with Gasteiger partial charge in [-0.05, 0) is 20.3 Å². The van der Waals surface area contributed by atoms with Crippen molar-refractivity contribution in [3.05, 3.63) is 17.5 Å². The molecule has 1 aromatic rings. The van der Waals surface area contributed by atoms with Gasteiger partial charge in [-0.1, -0.05) is 13.3 Å². The number of hydrogen-bond donors (Lipinski definition) is 1. The van der Waals surface area contributed by atoms with Crippen LogP contribution in [0.3, 0.4) is 0 Å². The van der Waals surface area contributed by atoms with Crippen molar-refractivity contribution in [1.82, 2.24) is 15.1 Å². The molecular formula is C11H19N3O. The van der Waals surface area contributed by atoms with Gasteiger partial charge in [0.25, 0.3) is 5.91 Å². The minimum atomic E-state index is -0.0133. The third-order valence-electron chi connectivity index (χ3n) is 2.46. The fraction of sp³-hybridized carbons (Fsp3) is 0.636. The van der Waals surface area contributed by atoms with Crippen molar-refractivity contribution in [2.75, 3.05) is 6.54 Å². The van der Waals surface area contributed by atoms with Gasteiger partial charge in [-0.3, -0.25) is 9.48 Å². The van der Waals surface area contributed by atoms with E-state index < -0.39 is 0 Å². The summed E-state index contributed by atoms with van der Waals surface area (Å²) in [5.74, 6) is -0.0133. The smallest absolute Gasteiger partial charge is 0.254 e. The third kappa shape index (κ3) is 2.81. The molecule has 1 aromatic heterocycles. The van der Waals surface area contributed by atoms with Crippen molar-refractivity contribution in [2.45, 2.75) is 40.2 Å². The van der Waals surface area contributed by atoms with Gasteiger partial charge in [-0.25, -0.2) is 0 Å². The monoisotopic (exact) mass is 209 g/mol. The molecule has 15 heavy (non-hydrogen) atoms. The zero-order valence-electron chi connectivity index (χ0n) is 9.71. The molecular weight excluding hydrogens is 190 g/mol. The molecule has 4 nitrogen and oxygen atoms in total. The van der Waals surface area contributed by atoms with Crippen molar-refractivity contribution < 1.29 is 4.79 Å². The number of nitrogens with one attached hydrogen (secondary N) is 1. The highest BCUT2D eigenvalue weighted by atomic mass is 16.1. The molecule has 0 saturated heterocycles. The van der Waals surface area contributed by atoms with Gasteiger partial charge in [0.05, 0.1) is 11.8 Å². The van der Waals surface area contributed by atoms with Crippen LogP contribution >= 0.6 is 0 Å². The maximum absolute atomic E-state index is 11.7. The average molecular weight is 209 g/mol. The van der Waals surface area contributed by atoms with E-state index in [-0.39, 0.29) is 5.91 Å². The highest BCUT2D eigenvalue weighted by Crippen LogP contribution is 2.06. The van der Waals surface area contributed by atoms with Crippen molar-refractivity contribution in [1.29, 1.82) is 0 Å². The number of carbonyl (C=O) groups is 1. The van der Waals surface area contributed by atoms with Crippen LogP contribution in [0.5, 0.6) is 0 Å². The molecule has 84 valence electrons. The second-order valence-corrected chi connectivity index (χ2v) is 3.57. The molecule has 0 unspecified atom stereocenters. The Balaban J connectivity index is 2.61. The van der Waals surface area contributed by atoms with E-state index in [1.807, 2.05) is 18.5 Å². The molecule has 0 spiro atoms. The minimum absolute atomic E-state index is 0.0133. The molecule has 0 atom stereocenters. The quantitative estimate of drug-likeness (QED) is 0.751. The second kappa shape index (κ2) is 5.53. The number of aryl methyl sites for hydroxylation is 1. The van der Waals surface area contributed by atoms with Crippen LogP contribution in [0, 0.1) is 6.92 Å². The van der Waals surface area contributed by atoms with Crippen LogP contribution < -0.4 is 5.32 Å². The van der Waals surface area contributed by atoms with Crippen LogP contribution in [-0.2, 0) is 6.54 Å². The summed E-state index contributed by atoms with van der Waals surface area (Å²) in [4.78, 5) is 11.7. The Labute approximate surface area is 90.7 Å². The molecule has 0 aromatic carbocycles. The Morgan fingerprint density at radius 2 is 2.27 bits per heavy atom. The van der Waals surface area contributed by atoms with E-state index in [1.54, 1.807) is 6.20 Å². The van der Waals surface area contributed by atoms with Crippen molar-refractivity contribution >= 4 is 5.91 Å². The lowest BCUT2D eigenvalue weighted by molar-refractivity contribution is 0.0952. The highest BCUT2D eigenvalue weighted by molar-refractivity contribution is 5.94. The van der Waals surface area contributed by atoms with E-state index in [1.165, 1.54) is 0 Å². The fourth-order valence-corrected chi connectivity index (χ4v) is 1.46. The third-order valence-corrected chi connectivity index (χ3v) is 2.46. The number of unbranched alkanes of at least 4 members (excludes halogenated alkanes) is 1. The van der Waals surface area contributed by atoms with Crippen molar-refractivity contribution in [3.63, 3.8) is 0 Å². The topological polar surface area (TPSA) is 46.9 Å². The average Bonchev–Trinajstić information content (AvgIpc) is 2.60. The molecule has 1 heterocycles. The molecule has 1 N–H and O–H groups in total. The molecule has 0 aliphatic carbocycles. The lowest BCUT2D eigenvalue weighted by atomic mass is 10.2. The number of aromatic nitrogens is 2. The fourth-order valence-electron chi connectivity index (χ4n) is 1.46. The first-order valence-electron chi connectivity index (χ1n) is 5.51. The number of rotatable bonds is 5. The molecule has 1 amide bonds. The van der Waals surface area contributed by atoms with E-state index in [4.69, 9.17) is 0 Å². The van der Waals surface area contributed by atoms with Gasteiger partial charge in [0.15, 0.2) is 0 Å². The summed E-state index contributed by atoms with van der Waals surface area (Å²) in [6.07, 6.45) is 3.75. The maximum Gasteiger partial charge on any atom is 0.254 e. The number of amides is 1. The van der Waals surface area contributed by atoms with Gasteiger partial charge in [0.2, 0.25) is 0 Å². The Kier molecular flexibility index (Phi) is 4.34. The second-order valence-electron chi connectivity index (χ2n) is 3.57. The first-order chi connectivity index (χ1) is 7.20. The molecule has 0 radical (unpaired) electrons. The van der Waals surface area contributed by atoms with Gasteiger partial charge in [0.1, 0.15) is 0 Å². The molecule has 1 rings (SSSR count). The Morgan fingerprint density at radius 1 is 1.53 bits per heavy atom. The zero-order valence-corrected chi connectivity index (χ0v) is 9.71. The van der Waals surface area contributed by atoms with E-state index in [0.717, 1.165) is 31.6 Å². The molecule has 0 aliphatic rings. The van der Waals surface area contributed by atoms with E-state index in [2.05, 4.69) is 17.3 Å². The van der Waals surface area contributed by atoms with Gasteiger partial charge in [-0.2, -0.15) is 5.10 Å². The van der Waals surface area contributed by atoms with Crippen molar-refractivity contribution in [3.8, 4) is 0 Å². The summed E-state index contributed by atoms with van der Waals surface area (Å²) in [7, 11) is 0. The molecule has 0 saturated carbocycles. The number of hydrogen-bond acceptors (Lipinski definition) is 2. The summed E-state index contributed by atoms with van der Waals surface area (Å²) in [6, 6.07) is 0. The first kappa shape index (κ1) is 11.8. The van der Waals surface area contributed by atoms with Crippen LogP contribution in [0.25, 0.3) is 0 Å². The van der Waals surface area contributed by atoms with Crippen LogP contribution in [0.2, 0.25) is 0 Å². The maximum atomic E-state index is 11.7. The van der Waals surface area contributed by atoms with E-state index in [9.17, 15) is 4.79 Å². The summed E-state index contributed by atoms with van der Waals surface area (Å²) < 4.78 is 1.83. The molecule has 0 fully saturated rings. The van der Waals surface area contributed by atoms with Gasteiger partial charge in [0, 0.05) is 18.8 Å². The van der Waals surface area contributed by atoms with Gasteiger partial charge < -0.3 is 5.32 Å². The Morgan fingerprint density at radius 3 is 2.80 bits per heavy atom. The summed E-state index contributed by atoms with van der Waals surface area (Å²) in [5, 5.41) is 7.03. The van der Waals surface area contributed by atoms with Crippen LogP contribution in [0.15, 0.2) is 6.20 Å². The SMILES string of the molecule is CCCCNC(=O)c1cnn(CC)c1C. The van der Waals surface area contributed by atoms with Crippen LogP contribution in [0.1, 0.15) is 42.7 Å². The van der Waals surface area contributed by atoms with Gasteiger partial charge >= 0.3 is 0 Å². The normalized spacial score (nSPS) is 10.3. The Bertz CT molecular complexity index is 331. The van der Waals surface area contributed by atoms with E-state index >= 15 is 0 Å². The van der Waals surface area contributed by atoms with Crippen molar-refractivity contribution in [2.24, 2.45) is 0 Å². The summed E-state index contributed by atoms with van der Waals surface area (Å²) in [6.45, 7) is 7.58. The van der Waals surface area contributed by atoms with Crippen LogP contribution in [-0.4, -0.2) is 22.2 Å². The molecule has 0 bridgehead atoms. The highest BCUT2D eigenvalue weighted by Gasteiger charge is 2.12. The first-order valence-corrected chi connectivity index (χ1v) is 5.51. The Hall–Kier alpha value is -1.32. The largest absolute Gasteiger partial charge is 0.352 e. The standard InChI is InChI=1S/C11H19N3O/c1-4-6-7-12-11(15)10-8-13-14(5-2)9(10)3/h8H,4-7H2,1-3H3,(H,12,15). The predicted molar refractivity (Wildman–Crippen MR) is 59.9 cm³/mol. The van der Waals surface area contributed by atoms with Crippen LogP contribution in [0.4, 0.5) is 0 Å². The lowest BCUT2D eigenvalue weighted by Gasteiger charge is -2.04. The lowest BCUT2D eigenvalue weighted by Crippen LogP contribution is -2.24. The minimum Gasteiger partial charge on any atom is -0.352 e. The molecule has 0 aliphatic heterocycles. The summed E-state index contributed by atoms with van der Waals surface area (Å²) >= 11 is 0. The summed E-state index contributed by atoms with van der Waals surface area (Å²) in [5.41, 5.74) is 1.62. The predicted octanol–water partition coefficient (Wildman–Crippen LogP) is 1.74. The molecule has 4 heteroatoms. The zero-order chi connectivity index (χ0) is 11.3. The van der Waals surface area contributed by atoms with E-state index in [0.29, 0.717) is 5.56 Å². The number of nitrogens with zero attached hydrogens (tertiary/aromatic N) is 2. The van der Waals surface area contributed by atoms with Gasteiger partial charge in [-0.15, -0.1) is 0 Å².